The quantitative estimate of drug-likeness (QED) is 0.230. The zero-order valence-electron chi connectivity index (χ0n) is 16.3. The first-order valence-electron chi connectivity index (χ1n) is 9.03. The molecule has 7 nitrogen and oxygen atoms in total. The van der Waals surface area contributed by atoms with E-state index in [1.807, 2.05) is 37.3 Å². The highest BCUT2D eigenvalue weighted by Crippen LogP contribution is 2.28. The highest BCUT2D eigenvalue weighted by molar-refractivity contribution is 6.01. The van der Waals surface area contributed by atoms with E-state index in [-0.39, 0.29) is 17.1 Å². The number of phenols is 1. The molecule has 0 radical (unpaired) electrons. The minimum atomic E-state index is -0.435. The van der Waals surface area contributed by atoms with Gasteiger partial charge in [0, 0.05) is 13.6 Å². The SMILES string of the molecule is CCN/C(C=O)=C(\Nc1cccc(C)c1O)C(=O)N(Cc1ccccc1)NC. The summed E-state index contributed by atoms with van der Waals surface area (Å²) >= 11 is 0. The van der Waals surface area contributed by atoms with Crippen LogP contribution >= 0.6 is 0 Å². The molecule has 0 unspecified atom stereocenters. The van der Waals surface area contributed by atoms with E-state index in [1.165, 1.54) is 5.01 Å². The second-order valence-corrected chi connectivity index (χ2v) is 6.13. The predicted molar refractivity (Wildman–Crippen MR) is 109 cm³/mol. The standard InChI is InChI=1S/C21H26N4O3/c1-4-23-18(14-26)19(24-17-12-8-9-15(2)20(17)27)21(28)25(22-3)13-16-10-6-5-7-11-16/h5-12,14,22-24,27H,4,13H2,1-3H3/b19-18-. The number of phenolic OH excluding ortho intramolecular Hbond substituents is 1. The number of allylic oxidation sites excluding steroid dienone is 1. The van der Waals surface area contributed by atoms with Crippen molar-refractivity contribution < 1.29 is 14.7 Å². The lowest BCUT2D eigenvalue weighted by molar-refractivity contribution is -0.130. The maximum atomic E-state index is 13.2. The third-order valence-electron chi connectivity index (χ3n) is 4.16. The van der Waals surface area contributed by atoms with Gasteiger partial charge in [0.2, 0.25) is 0 Å². The first kappa shape index (κ1) is 21.0. The van der Waals surface area contributed by atoms with Crippen molar-refractivity contribution in [3.8, 4) is 5.75 Å². The topological polar surface area (TPSA) is 93.7 Å². The number of hydrogen-bond acceptors (Lipinski definition) is 6. The molecule has 0 aliphatic carbocycles. The smallest absolute Gasteiger partial charge is 0.286 e. The number of rotatable bonds is 9. The Balaban J connectivity index is 2.41. The maximum Gasteiger partial charge on any atom is 0.286 e. The Morgan fingerprint density at radius 1 is 1.14 bits per heavy atom. The third kappa shape index (κ3) is 5.11. The van der Waals surface area contributed by atoms with Gasteiger partial charge in [-0.05, 0) is 31.0 Å². The number of amides is 1. The van der Waals surface area contributed by atoms with Gasteiger partial charge < -0.3 is 15.7 Å². The van der Waals surface area contributed by atoms with Crippen LogP contribution < -0.4 is 16.1 Å². The number of hydrogen-bond donors (Lipinski definition) is 4. The fourth-order valence-corrected chi connectivity index (χ4v) is 2.66. The van der Waals surface area contributed by atoms with Crippen molar-refractivity contribution >= 4 is 17.9 Å². The summed E-state index contributed by atoms with van der Waals surface area (Å²) in [6.07, 6.45) is 0.590. The number of aryl methyl sites for hydroxylation is 1. The summed E-state index contributed by atoms with van der Waals surface area (Å²) in [4.78, 5) is 24.9. The summed E-state index contributed by atoms with van der Waals surface area (Å²) in [5.74, 6) is -0.413. The van der Waals surface area contributed by atoms with E-state index >= 15 is 0 Å². The van der Waals surface area contributed by atoms with Crippen LogP contribution in [0.1, 0.15) is 18.1 Å². The predicted octanol–water partition coefficient (Wildman–Crippen LogP) is 2.30. The van der Waals surface area contributed by atoms with Gasteiger partial charge in [0.05, 0.1) is 12.2 Å². The highest BCUT2D eigenvalue weighted by Gasteiger charge is 2.23. The molecular weight excluding hydrogens is 356 g/mol. The Bertz CT molecular complexity index is 850. The van der Waals surface area contributed by atoms with E-state index in [2.05, 4.69) is 16.1 Å². The van der Waals surface area contributed by atoms with Gasteiger partial charge in [-0.15, -0.1) is 0 Å². The first-order chi connectivity index (χ1) is 13.5. The van der Waals surface area contributed by atoms with Crippen LogP contribution in [-0.2, 0) is 16.1 Å². The van der Waals surface area contributed by atoms with E-state index in [9.17, 15) is 14.7 Å². The average molecular weight is 382 g/mol. The van der Waals surface area contributed by atoms with Crippen LogP contribution in [-0.4, -0.2) is 35.9 Å². The fraction of sp³-hybridized carbons (Fsp3) is 0.238. The van der Waals surface area contributed by atoms with Crippen molar-refractivity contribution in [1.29, 1.82) is 0 Å². The maximum absolute atomic E-state index is 13.2. The van der Waals surface area contributed by atoms with Gasteiger partial charge in [0.15, 0.2) is 6.29 Å². The summed E-state index contributed by atoms with van der Waals surface area (Å²) in [5.41, 5.74) is 4.95. The molecule has 0 bridgehead atoms. The molecule has 7 heteroatoms. The number of nitrogens with one attached hydrogen (secondary N) is 3. The zero-order chi connectivity index (χ0) is 20.5. The largest absolute Gasteiger partial charge is 0.505 e. The molecule has 0 aliphatic heterocycles. The van der Waals surface area contributed by atoms with E-state index in [1.54, 1.807) is 32.2 Å². The van der Waals surface area contributed by atoms with Crippen LogP contribution in [0.5, 0.6) is 5.75 Å². The van der Waals surface area contributed by atoms with E-state index in [4.69, 9.17) is 0 Å². The lowest BCUT2D eigenvalue weighted by Crippen LogP contribution is -2.43. The number of carbonyl (C=O) groups excluding carboxylic acids is 2. The van der Waals surface area contributed by atoms with Gasteiger partial charge in [0.1, 0.15) is 17.1 Å². The van der Waals surface area contributed by atoms with Crippen molar-refractivity contribution in [2.75, 3.05) is 18.9 Å². The minimum absolute atomic E-state index is 0.0219. The fourth-order valence-electron chi connectivity index (χ4n) is 2.66. The van der Waals surface area contributed by atoms with E-state index in [0.717, 1.165) is 5.56 Å². The van der Waals surface area contributed by atoms with Crippen LogP contribution in [0.3, 0.4) is 0 Å². The number of aromatic hydroxyl groups is 1. The van der Waals surface area contributed by atoms with Crippen molar-refractivity contribution in [1.82, 2.24) is 15.8 Å². The molecule has 0 aliphatic rings. The molecule has 0 spiro atoms. The van der Waals surface area contributed by atoms with E-state index < -0.39 is 5.91 Å². The van der Waals surface area contributed by atoms with Gasteiger partial charge in [-0.25, -0.2) is 5.43 Å². The molecule has 0 saturated heterocycles. The number of carbonyl (C=O) groups is 2. The summed E-state index contributed by atoms with van der Waals surface area (Å²) in [6.45, 7) is 4.35. The monoisotopic (exact) mass is 382 g/mol. The number of likely N-dealkylation sites (N-methyl/N-ethyl adjacent to an activating group) is 1. The number of para-hydroxylation sites is 1. The van der Waals surface area contributed by atoms with Crippen molar-refractivity contribution in [2.24, 2.45) is 0 Å². The van der Waals surface area contributed by atoms with Gasteiger partial charge in [-0.1, -0.05) is 42.5 Å². The van der Waals surface area contributed by atoms with Gasteiger partial charge >= 0.3 is 0 Å². The Labute approximate surface area is 165 Å². The first-order valence-corrected chi connectivity index (χ1v) is 9.03. The van der Waals surface area contributed by atoms with Crippen molar-refractivity contribution in [3.63, 3.8) is 0 Å². The Hall–Kier alpha value is -3.32. The molecule has 2 aromatic carbocycles. The minimum Gasteiger partial charge on any atom is -0.505 e. The molecule has 2 aromatic rings. The number of hydrazine groups is 1. The van der Waals surface area contributed by atoms with Gasteiger partial charge in [-0.3, -0.25) is 14.6 Å². The molecule has 0 saturated carbocycles. The van der Waals surface area contributed by atoms with Crippen LogP contribution in [0.25, 0.3) is 0 Å². The Morgan fingerprint density at radius 2 is 1.86 bits per heavy atom. The third-order valence-corrected chi connectivity index (χ3v) is 4.16. The molecule has 2 rings (SSSR count). The second-order valence-electron chi connectivity index (χ2n) is 6.13. The highest BCUT2D eigenvalue weighted by atomic mass is 16.3. The van der Waals surface area contributed by atoms with Crippen molar-refractivity contribution in [3.05, 3.63) is 71.1 Å². The lowest BCUT2D eigenvalue weighted by Gasteiger charge is -2.25. The zero-order valence-corrected chi connectivity index (χ0v) is 16.3. The van der Waals surface area contributed by atoms with Crippen LogP contribution in [0.4, 0.5) is 5.69 Å². The molecule has 0 heterocycles. The molecule has 0 fully saturated rings. The van der Waals surface area contributed by atoms with Gasteiger partial charge in [0.25, 0.3) is 5.91 Å². The molecule has 0 atom stereocenters. The normalized spacial score (nSPS) is 11.4. The molecule has 0 aromatic heterocycles. The summed E-state index contributed by atoms with van der Waals surface area (Å²) in [7, 11) is 1.64. The number of aldehydes is 1. The summed E-state index contributed by atoms with van der Waals surface area (Å²) < 4.78 is 0. The molecule has 28 heavy (non-hydrogen) atoms. The molecular formula is C21H26N4O3. The molecule has 1 amide bonds. The summed E-state index contributed by atoms with van der Waals surface area (Å²) in [5, 5.41) is 17.5. The van der Waals surface area contributed by atoms with Gasteiger partial charge in [-0.2, -0.15) is 0 Å². The Kier molecular flexibility index (Phi) is 7.59. The second kappa shape index (κ2) is 10.1. The number of nitrogens with zero attached hydrogens (tertiary/aromatic N) is 1. The summed E-state index contributed by atoms with van der Waals surface area (Å²) in [6, 6.07) is 14.7. The van der Waals surface area contributed by atoms with Crippen LogP contribution in [0.2, 0.25) is 0 Å². The Morgan fingerprint density at radius 3 is 2.46 bits per heavy atom. The number of benzene rings is 2. The molecule has 148 valence electrons. The molecule has 4 N–H and O–H groups in total. The van der Waals surface area contributed by atoms with E-state index in [0.29, 0.717) is 30.6 Å². The lowest BCUT2D eigenvalue weighted by atomic mass is 10.1. The van der Waals surface area contributed by atoms with Crippen LogP contribution in [0, 0.1) is 6.92 Å². The van der Waals surface area contributed by atoms with Crippen LogP contribution in [0.15, 0.2) is 59.9 Å². The average Bonchev–Trinajstić information content (AvgIpc) is 2.72. The number of anilines is 1. The van der Waals surface area contributed by atoms with Crippen molar-refractivity contribution in [2.45, 2.75) is 20.4 Å².